The molecule has 6 heteroatoms. The lowest BCUT2D eigenvalue weighted by atomic mass is 10.1. The molecule has 17 heavy (non-hydrogen) atoms. The standard InChI is InChI=1S/C11H16N4O2/c12-10-8(11(13)16)6-14-9(15-10)5-7-3-1-2-4-17-7/h6-7H,1-5H2,(H2,13,16)(H2,12,14,15). The van der Waals surface area contributed by atoms with Crippen molar-refractivity contribution < 1.29 is 9.53 Å². The van der Waals surface area contributed by atoms with Gasteiger partial charge in [-0.05, 0) is 19.3 Å². The number of ether oxygens (including phenoxy) is 1. The highest BCUT2D eigenvalue weighted by Crippen LogP contribution is 2.16. The number of nitrogens with two attached hydrogens (primary N) is 2. The maximum Gasteiger partial charge on any atom is 0.254 e. The zero-order chi connectivity index (χ0) is 12.3. The fourth-order valence-corrected chi connectivity index (χ4v) is 1.89. The molecule has 1 atom stereocenters. The fraction of sp³-hybridized carbons (Fsp3) is 0.545. The van der Waals surface area contributed by atoms with Gasteiger partial charge in [0, 0.05) is 19.2 Å². The summed E-state index contributed by atoms with van der Waals surface area (Å²) in [5, 5.41) is 0. The number of nitrogens with zero attached hydrogens (tertiary/aromatic N) is 2. The number of carbonyl (C=O) groups excluding carboxylic acids is 1. The van der Waals surface area contributed by atoms with Crippen molar-refractivity contribution in [1.82, 2.24) is 9.97 Å². The summed E-state index contributed by atoms with van der Waals surface area (Å²) in [4.78, 5) is 19.1. The largest absolute Gasteiger partial charge is 0.383 e. The number of hydrogen-bond donors (Lipinski definition) is 2. The number of amides is 1. The lowest BCUT2D eigenvalue weighted by Gasteiger charge is -2.21. The van der Waals surface area contributed by atoms with Gasteiger partial charge in [-0.1, -0.05) is 0 Å². The molecular weight excluding hydrogens is 220 g/mol. The second kappa shape index (κ2) is 5.09. The van der Waals surface area contributed by atoms with Crippen LogP contribution in [0.4, 0.5) is 5.82 Å². The average molecular weight is 236 g/mol. The van der Waals surface area contributed by atoms with Crippen LogP contribution in [0.2, 0.25) is 0 Å². The van der Waals surface area contributed by atoms with E-state index in [2.05, 4.69) is 9.97 Å². The van der Waals surface area contributed by atoms with E-state index in [4.69, 9.17) is 16.2 Å². The second-order valence-corrected chi connectivity index (χ2v) is 4.14. The number of nitrogen functional groups attached to an aromatic ring is 1. The van der Waals surface area contributed by atoms with Gasteiger partial charge < -0.3 is 16.2 Å². The molecule has 92 valence electrons. The molecule has 1 aliphatic rings. The van der Waals surface area contributed by atoms with Crippen molar-refractivity contribution in [2.24, 2.45) is 5.73 Å². The lowest BCUT2D eigenvalue weighted by Crippen LogP contribution is -2.23. The molecule has 1 amide bonds. The Morgan fingerprint density at radius 3 is 2.94 bits per heavy atom. The monoisotopic (exact) mass is 236 g/mol. The highest BCUT2D eigenvalue weighted by molar-refractivity contribution is 5.96. The second-order valence-electron chi connectivity index (χ2n) is 4.14. The highest BCUT2D eigenvalue weighted by atomic mass is 16.5. The number of aromatic nitrogens is 2. The van der Waals surface area contributed by atoms with Crippen molar-refractivity contribution in [3.63, 3.8) is 0 Å². The van der Waals surface area contributed by atoms with E-state index in [1.165, 1.54) is 12.6 Å². The minimum Gasteiger partial charge on any atom is -0.383 e. The molecule has 0 spiro atoms. The van der Waals surface area contributed by atoms with Crippen LogP contribution >= 0.6 is 0 Å². The first-order valence-corrected chi connectivity index (χ1v) is 5.69. The zero-order valence-corrected chi connectivity index (χ0v) is 9.56. The summed E-state index contributed by atoms with van der Waals surface area (Å²) in [6.07, 6.45) is 5.45. The number of carbonyl (C=O) groups is 1. The first-order valence-electron chi connectivity index (χ1n) is 5.69. The van der Waals surface area contributed by atoms with E-state index in [-0.39, 0.29) is 17.5 Å². The molecule has 0 radical (unpaired) electrons. The molecule has 0 saturated carbocycles. The molecule has 1 unspecified atom stereocenters. The maximum atomic E-state index is 11.0. The molecule has 0 aliphatic carbocycles. The van der Waals surface area contributed by atoms with Gasteiger partial charge in [-0.3, -0.25) is 4.79 Å². The smallest absolute Gasteiger partial charge is 0.254 e. The van der Waals surface area contributed by atoms with Gasteiger partial charge in [-0.25, -0.2) is 9.97 Å². The quantitative estimate of drug-likeness (QED) is 0.783. The molecule has 1 aromatic heterocycles. The lowest BCUT2D eigenvalue weighted by molar-refractivity contribution is 0.0156. The van der Waals surface area contributed by atoms with Gasteiger partial charge >= 0.3 is 0 Å². The van der Waals surface area contributed by atoms with Crippen molar-refractivity contribution in [2.45, 2.75) is 31.8 Å². The third-order valence-corrected chi connectivity index (χ3v) is 2.82. The Bertz CT molecular complexity index is 416. The fourth-order valence-electron chi connectivity index (χ4n) is 1.89. The molecule has 6 nitrogen and oxygen atoms in total. The van der Waals surface area contributed by atoms with Crippen LogP contribution in [0.5, 0.6) is 0 Å². The third kappa shape index (κ3) is 2.91. The van der Waals surface area contributed by atoms with Crippen LogP contribution in [0.25, 0.3) is 0 Å². The summed E-state index contributed by atoms with van der Waals surface area (Å²) < 4.78 is 5.59. The zero-order valence-electron chi connectivity index (χ0n) is 9.56. The van der Waals surface area contributed by atoms with E-state index >= 15 is 0 Å². The van der Waals surface area contributed by atoms with Gasteiger partial charge in [0.05, 0.1) is 11.7 Å². The molecule has 0 bridgehead atoms. The predicted octanol–water partition coefficient (Wildman–Crippen LogP) is 0.269. The Balaban J connectivity index is 2.06. The molecular formula is C11H16N4O2. The van der Waals surface area contributed by atoms with Crippen molar-refractivity contribution in [3.05, 3.63) is 17.6 Å². The molecule has 1 aliphatic heterocycles. The van der Waals surface area contributed by atoms with Crippen LogP contribution in [0, 0.1) is 0 Å². The SMILES string of the molecule is NC(=O)c1cnc(CC2CCCCO2)nc1N. The first kappa shape index (κ1) is 11.8. The number of primary amides is 1. The van der Waals surface area contributed by atoms with E-state index in [1.807, 2.05) is 0 Å². The highest BCUT2D eigenvalue weighted by Gasteiger charge is 2.17. The molecule has 0 aromatic carbocycles. The summed E-state index contributed by atoms with van der Waals surface area (Å²) in [7, 11) is 0. The molecule has 1 saturated heterocycles. The Labute approximate surface area is 99.4 Å². The van der Waals surface area contributed by atoms with Crippen LogP contribution in [0.15, 0.2) is 6.20 Å². The van der Waals surface area contributed by atoms with Gasteiger partial charge in [0.2, 0.25) is 0 Å². The van der Waals surface area contributed by atoms with Gasteiger partial charge in [-0.15, -0.1) is 0 Å². The van der Waals surface area contributed by atoms with Gasteiger partial charge in [0.1, 0.15) is 11.6 Å². The van der Waals surface area contributed by atoms with E-state index in [0.29, 0.717) is 12.2 Å². The van der Waals surface area contributed by atoms with E-state index < -0.39 is 5.91 Å². The molecule has 2 rings (SSSR count). The molecule has 1 aromatic rings. The number of hydrogen-bond acceptors (Lipinski definition) is 5. The topological polar surface area (TPSA) is 104 Å². The van der Waals surface area contributed by atoms with E-state index in [1.54, 1.807) is 0 Å². The van der Waals surface area contributed by atoms with Gasteiger partial charge in [-0.2, -0.15) is 0 Å². The average Bonchev–Trinajstić information content (AvgIpc) is 2.30. The first-order chi connectivity index (χ1) is 8.16. The Kier molecular flexibility index (Phi) is 3.53. The van der Waals surface area contributed by atoms with Crippen LogP contribution in [0.1, 0.15) is 35.4 Å². The minimum absolute atomic E-state index is 0.137. The van der Waals surface area contributed by atoms with E-state index in [0.717, 1.165) is 19.4 Å². The summed E-state index contributed by atoms with van der Waals surface area (Å²) in [5.74, 6) is 0.126. The maximum absolute atomic E-state index is 11.0. The Hall–Kier alpha value is -1.69. The summed E-state index contributed by atoms with van der Waals surface area (Å²) in [5.41, 5.74) is 10.9. The minimum atomic E-state index is -0.608. The van der Waals surface area contributed by atoms with Crippen LogP contribution in [-0.4, -0.2) is 28.6 Å². The predicted molar refractivity (Wildman–Crippen MR) is 62.3 cm³/mol. The van der Waals surface area contributed by atoms with Gasteiger partial charge in [0.25, 0.3) is 5.91 Å². The number of anilines is 1. The van der Waals surface area contributed by atoms with Crippen molar-refractivity contribution in [2.75, 3.05) is 12.3 Å². The molecule has 4 N–H and O–H groups in total. The summed E-state index contributed by atoms with van der Waals surface area (Å²) in [6.45, 7) is 0.791. The van der Waals surface area contributed by atoms with Crippen LogP contribution in [0.3, 0.4) is 0 Å². The molecule has 1 fully saturated rings. The Morgan fingerprint density at radius 1 is 1.53 bits per heavy atom. The van der Waals surface area contributed by atoms with Crippen molar-refractivity contribution >= 4 is 11.7 Å². The number of rotatable bonds is 3. The summed E-state index contributed by atoms with van der Waals surface area (Å²) >= 11 is 0. The van der Waals surface area contributed by atoms with Crippen LogP contribution in [-0.2, 0) is 11.2 Å². The summed E-state index contributed by atoms with van der Waals surface area (Å²) in [6, 6.07) is 0. The van der Waals surface area contributed by atoms with Gasteiger partial charge in [0.15, 0.2) is 0 Å². The normalized spacial score (nSPS) is 20.1. The molecule has 2 heterocycles. The van der Waals surface area contributed by atoms with Crippen molar-refractivity contribution in [3.8, 4) is 0 Å². The Morgan fingerprint density at radius 2 is 2.35 bits per heavy atom. The van der Waals surface area contributed by atoms with Crippen LogP contribution < -0.4 is 11.5 Å². The van der Waals surface area contributed by atoms with E-state index in [9.17, 15) is 4.79 Å². The van der Waals surface area contributed by atoms with Crippen molar-refractivity contribution in [1.29, 1.82) is 0 Å². The third-order valence-electron chi connectivity index (χ3n) is 2.82.